The van der Waals surface area contributed by atoms with Gasteiger partial charge in [-0.1, -0.05) is 135 Å². The molecule has 218 valence electrons. The Bertz CT molecular complexity index is 1750. The second kappa shape index (κ2) is 13.2. The fourth-order valence-electron chi connectivity index (χ4n) is 6.63. The number of nitrogens with two attached hydrogens (primary N) is 1. The van der Waals surface area contributed by atoms with Crippen molar-refractivity contribution in [2.75, 3.05) is 11.4 Å². The molecular weight excluding hydrogens is 532 g/mol. The molecule has 1 aliphatic rings. The summed E-state index contributed by atoms with van der Waals surface area (Å²) in [6.45, 7) is 5.17. The Kier molecular flexibility index (Phi) is 8.72. The van der Waals surface area contributed by atoms with Gasteiger partial charge < -0.3 is 10.6 Å². The molecule has 0 aromatic heterocycles. The van der Waals surface area contributed by atoms with Gasteiger partial charge in [0.25, 0.3) is 0 Å². The van der Waals surface area contributed by atoms with Crippen molar-refractivity contribution in [3.63, 3.8) is 0 Å². The lowest BCUT2D eigenvalue weighted by molar-refractivity contribution is 0.490. The lowest BCUT2D eigenvalue weighted by atomic mass is 9.73. The molecule has 0 saturated heterocycles. The molecule has 0 atom stereocenters. The summed E-state index contributed by atoms with van der Waals surface area (Å²) in [4.78, 5) is 2.36. The number of anilines is 3. The first-order valence-corrected chi connectivity index (χ1v) is 15.7. The number of rotatable bonds is 10. The predicted molar refractivity (Wildman–Crippen MR) is 190 cm³/mol. The predicted octanol–water partition coefficient (Wildman–Crippen LogP) is 10.9. The third-order valence-corrected chi connectivity index (χ3v) is 8.95. The standard InChI is InChI=1S/C42H40N2/c1-3-42(4-2)40-30-34(23-22-33(28-29-43)21-20-32-14-8-5-9-15-32)24-26-38(40)39-27-25-37(31-41(39)42)44(35-16-10-6-11-17-35)36-18-12-7-13-19-36/h5-28,30-31H,3-4,29,43H2,1-2H3/b21-20-,23-22+,33-28+. The maximum Gasteiger partial charge on any atom is 0.0465 e. The average Bonchev–Trinajstić information content (AvgIpc) is 3.36. The highest BCUT2D eigenvalue weighted by atomic mass is 15.1. The van der Waals surface area contributed by atoms with Crippen molar-refractivity contribution < 1.29 is 0 Å². The minimum absolute atomic E-state index is 0.0489. The van der Waals surface area contributed by atoms with E-state index in [1.807, 2.05) is 6.07 Å². The van der Waals surface area contributed by atoms with Crippen LogP contribution in [0.5, 0.6) is 0 Å². The summed E-state index contributed by atoms with van der Waals surface area (Å²) < 4.78 is 0. The topological polar surface area (TPSA) is 29.3 Å². The zero-order valence-corrected chi connectivity index (χ0v) is 25.7. The monoisotopic (exact) mass is 572 g/mol. The Balaban J connectivity index is 1.38. The van der Waals surface area contributed by atoms with Gasteiger partial charge in [0.05, 0.1) is 0 Å². The lowest BCUT2D eigenvalue weighted by Crippen LogP contribution is -2.23. The van der Waals surface area contributed by atoms with Crippen molar-refractivity contribution in [2.45, 2.75) is 32.1 Å². The van der Waals surface area contributed by atoms with E-state index in [0.717, 1.165) is 29.8 Å². The van der Waals surface area contributed by atoms with Crippen LogP contribution in [-0.4, -0.2) is 6.54 Å². The van der Waals surface area contributed by atoms with E-state index < -0.39 is 0 Å². The first kappa shape index (κ1) is 29.2. The molecule has 2 heteroatoms. The van der Waals surface area contributed by atoms with Crippen LogP contribution in [0.3, 0.4) is 0 Å². The average molecular weight is 573 g/mol. The van der Waals surface area contributed by atoms with E-state index in [4.69, 9.17) is 5.73 Å². The van der Waals surface area contributed by atoms with E-state index in [9.17, 15) is 0 Å². The molecule has 0 aliphatic heterocycles. The van der Waals surface area contributed by atoms with E-state index in [2.05, 4.69) is 170 Å². The van der Waals surface area contributed by atoms with Crippen molar-refractivity contribution in [3.05, 3.63) is 173 Å². The van der Waals surface area contributed by atoms with Crippen molar-refractivity contribution in [1.29, 1.82) is 0 Å². The van der Waals surface area contributed by atoms with E-state index >= 15 is 0 Å². The van der Waals surface area contributed by atoms with Crippen molar-refractivity contribution in [1.82, 2.24) is 0 Å². The smallest absolute Gasteiger partial charge is 0.0465 e. The molecule has 0 spiro atoms. The largest absolute Gasteiger partial charge is 0.327 e. The summed E-state index contributed by atoms with van der Waals surface area (Å²) in [7, 11) is 0. The Morgan fingerprint density at radius 2 is 1.11 bits per heavy atom. The highest BCUT2D eigenvalue weighted by Gasteiger charge is 2.41. The molecule has 0 radical (unpaired) electrons. The van der Waals surface area contributed by atoms with Gasteiger partial charge >= 0.3 is 0 Å². The third kappa shape index (κ3) is 5.69. The summed E-state index contributed by atoms with van der Waals surface area (Å²) in [5.74, 6) is 0. The molecule has 1 aliphatic carbocycles. The van der Waals surface area contributed by atoms with Gasteiger partial charge in [-0.15, -0.1) is 0 Å². The molecule has 0 amide bonds. The molecule has 0 heterocycles. The van der Waals surface area contributed by atoms with Gasteiger partial charge in [-0.3, -0.25) is 0 Å². The molecule has 6 rings (SSSR count). The summed E-state index contributed by atoms with van der Waals surface area (Å²) in [6.07, 6.45) is 12.8. The number of benzene rings is 5. The van der Waals surface area contributed by atoms with Gasteiger partial charge in [-0.25, -0.2) is 0 Å². The number of allylic oxidation sites excluding steroid dienone is 3. The second-order valence-electron chi connectivity index (χ2n) is 11.3. The van der Waals surface area contributed by atoms with Gasteiger partial charge in [-0.05, 0) is 88.2 Å². The van der Waals surface area contributed by atoms with Gasteiger partial charge in [0.15, 0.2) is 0 Å². The van der Waals surface area contributed by atoms with Crippen molar-refractivity contribution in [3.8, 4) is 11.1 Å². The van der Waals surface area contributed by atoms with Crippen LogP contribution in [0, 0.1) is 0 Å². The highest BCUT2D eigenvalue weighted by Crippen LogP contribution is 2.54. The normalized spacial score (nSPS) is 13.8. The zero-order chi connectivity index (χ0) is 30.4. The van der Waals surface area contributed by atoms with Crippen LogP contribution in [0.15, 0.2) is 151 Å². The molecule has 0 saturated carbocycles. The first-order chi connectivity index (χ1) is 21.7. The number of para-hydroxylation sites is 2. The molecule has 5 aromatic carbocycles. The molecule has 44 heavy (non-hydrogen) atoms. The number of nitrogens with zero attached hydrogens (tertiary/aromatic N) is 1. The SMILES string of the molecule is CCC1(CC)c2cc(/C=C/C(/C=C\c3ccccc3)=C/CN)ccc2-c2ccc(N(c3ccccc3)c3ccccc3)cc21. The summed E-state index contributed by atoms with van der Waals surface area (Å²) in [5, 5.41) is 0. The van der Waals surface area contributed by atoms with Crippen LogP contribution in [0.1, 0.15) is 48.9 Å². The van der Waals surface area contributed by atoms with Crippen molar-refractivity contribution >= 4 is 29.2 Å². The molecule has 2 nitrogen and oxygen atoms in total. The summed E-state index contributed by atoms with van der Waals surface area (Å²) >= 11 is 0. The van der Waals surface area contributed by atoms with E-state index in [0.29, 0.717) is 6.54 Å². The Morgan fingerprint density at radius 1 is 0.591 bits per heavy atom. The maximum atomic E-state index is 5.92. The molecular formula is C42H40N2. The fourth-order valence-corrected chi connectivity index (χ4v) is 6.63. The van der Waals surface area contributed by atoms with Crippen LogP contribution in [-0.2, 0) is 5.41 Å². The van der Waals surface area contributed by atoms with Crippen LogP contribution >= 0.6 is 0 Å². The fraction of sp³-hybridized carbons (Fsp3) is 0.143. The third-order valence-electron chi connectivity index (χ3n) is 8.95. The minimum atomic E-state index is -0.0489. The molecule has 0 unspecified atom stereocenters. The lowest BCUT2D eigenvalue weighted by Gasteiger charge is -2.32. The van der Waals surface area contributed by atoms with Crippen LogP contribution in [0.2, 0.25) is 0 Å². The zero-order valence-electron chi connectivity index (χ0n) is 25.7. The van der Waals surface area contributed by atoms with Gasteiger partial charge in [0, 0.05) is 29.0 Å². The maximum absolute atomic E-state index is 5.92. The van der Waals surface area contributed by atoms with Crippen LogP contribution in [0.4, 0.5) is 17.1 Å². The Labute approximate surface area is 262 Å². The highest BCUT2D eigenvalue weighted by molar-refractivity contribution is 5.86. The Hall–Kier alpha value is -4.92. The second-order valence-corrected chi connectivity index (χ2v) is 11.3. The first-order valence-electron chi connectivity index (χ1n) is 15.7. The minimum Gasteiger partial charge on any atom is -0.327 e. The van der Waals surface area contributed by atoms with Gasteiger partial charge in [0.1, 0.15) is 0 Å². The number of fused-ring (bicyclic) bond motifs is 3. The molecule has 2 N–H and O–H groups in total. The van der Waals surface area contributed by atoms with Crippen LogP contribution in [0.25, 0.3) is 23.3 Å². The Morgan fingerprint density at radius 3 is 1.68 bits per heavy atom. The van der Waals surface area contributed by atoms with Crippen molar-refractivity contribution in [2.24, 2.45) is 5.73 Å². The van der Waals surface area contributed by atoms with E-state index in [-0.39, 0.29) is 5.41 Å². The summed E-state index contributed by atoms with van der Waals surface area (Å²) in [5.41, 5.74) is 18.4. The molecule has 5 aromatic rings. The quantitative estimate of drug-likeness (QED) is 0.169. The summed E-state index contributed by atoms with van der Waals surface area (Å²) in [6, 6.07) is 45.7. The van der Waals surface area contributed by atoms with Crippen LogP contribution < -0.4 is 10.6 Å². The molecule has 0 bridgehead atoms. The van der Waals surface area contributed by atoms with Gasteiger partial charge in [0.2, 0.25) is 0 Å². The molecule has 0 fully saturated rings. The van der Waals surface area contributed by atoms with Gasteiger partial charge in [-0.2, -0.15) is 0 Å². The number of hydrogen-bond donors (Lipinski definition) is 1. The van der Waals surface area contributed by atoms with E-state index in [1.165, 1.54) is 39.1 Å². The number of hydrogen-bond acceptors (Lipinski definition) is 2. The van der Waals surface area contributed by atoms with E-state index in [1.54, 1.807) is 0 Å².